The molecule has 2 aromatic carbocycles. The van der Waals surface area contributed by atoms with Gasteiger partial charge in [0.1, 0.15) is 6.61 Å². The van der Waals surface area contributed by atoms with E-state index in [0.717, 1.165) is 19.3 Å². The summed E-state index contributed by atoms with van der Waals surface area (Å²) in [5.41, 5.74) is 4.80. The fourth-order valence-electron chi connectivity index (χ4n) is 5.78. The van der Waals surface area contributed by atoms with Crippen LogP contribution < -0.4 is 10.6 Å². The van der Waals surface area contributed by atoms with Crippen molar-refractivity contribution in [3.05, 3.63) is 59.7 Å². The van der Waals surface area contributed by atoms with Gasteiger partial charge in [-0.1, -0.05) is 48.5 Å². The second-order valence-corrected chi connectivity index (χ2v) is 10.2. The summed E-state index contributed by atoms with van der Waals surface area (Å²) in [6, 6.07) is 16.5. The molecule has 2 saturated carbocycles. The van der Waals surface area contributed by atoms with Gasteiger partial charge in [-0.3, -0.25) is 9.59 Å². The zero-order valence-corrected chi connectivity index (χ0v) is 19.7. The molecule has 7 nitrogen and oxygen atoms in total. The minimum atomic E-state index is -0.771. The van der Waals surface area contributed by atoms with Crippen molar-refractivity contribution in [3.8, 4) is 11.1 Å². The van der Waals surface area contributed by atoms with Crippen LogP contribution in [0.3, 0.4) is 0 Å². The highest BCUT2D eigenvalue weighted by Gasteiger charge is 2.43. The van der Waals surface area contributed by atoms with Crippen molar-refractivity contribution in [1.82, 2.24) is 10.6 Å². The lowest BCUT2D eigenvalue weighted by Crippen LogP contribution is -2.30. The number of aliphatic carboxylic acids is 1. The zero-order valence-electron chi connectivity index (χ0n) is 19.7. The first-order valence-corrected chi connectivity index (χ1v) is 12.6. The third-order valence-electron chi connectivity index (χ3n) is 7.80. The molecule has 2 aromatic rings. The molecule has 0 heterocycles. The molecule has 0 aromatic heterocycles. The van der Waals surface area contributed by atoms with Gasteiger partial charge in [-0.15, -0.1) is 0 Å². The molecule has 35 heavy (non-hydrogen) atoms. The van der Waals surface area contributed by atoms with Crippen molar-refractivity contribution < 1.29 is 24.2 Å². The molecule has 184 valence electrons. The van der Waals surface area contributed by atoms with Crippen LogP contribution in [0.5, 0.6) is 0 Å². The molecule has 2 unspecified atom stereocenters. The summed E-state index contributed by atoms with van der Waals surface area (Å²) in [5.74, 6) is -0.303. The van der Waals surface area contributed by atoms with E-state index in [1.54, 1.807) is 0 Å². The topological polar surface area (TPSA) is 105 Å². The first kappa shape index (κ1) is 23.4. The highest BCUT2D eigenvalue weighted by Crippen LogP contribution is 2.44. The number of benzene rings is 2. The molecule has 2 fully saturated rings. The second kappa shape index (κ2) is 10.1. The van der Waals surface area contributed by atoms with E-state index in [9.17, 15) is 14.4 Å². The van der Waals surface area contributed by atoms with Crippen molar-refractivity contribution in [2.75, 3.05) is 19.7 Å². The highest BCUT2D eigenvalue weighted by atomic mass is 16.5. The van der Waals surface area contributed by atoms with Gasteiger partial charge in [0.2, 0.25) is 5.91 Å². The Kier molecular flexibility index (Phi) is 6.75. The molecule has 5 rings (SSSR count). The number of alkyl carbamates (subject to hydrolysis) is 1. The van der Waals surface area contributed by atoms with Crippen LogP contribution in [0, 0.1) is 23.7 Å². The average Bonchev–Trinajstić information content (AvgIpc) is 3.41. The quantitative estimate of drug-likeness (QED) is 0.504. The summed E-state index contributed by atoms with van der Waals surface area (Å²) in [7, 11) is 0. The number of fused-ring (bicyclic) bond motifs is 3. The van der Waals surface area contributed by atoms with Crippen LogP contribution in [0.4, 0.5) is 4.79 Å². The van der Waals surface area contributed by atoms with E-state index in [2.05, 4.69) is 34.9 Å². The minimum Gasteiger partial charge on any atom is -0.481 e. The van der Waals surface area contributed by atoms with Gasteiger partial charge in [0.25, 0.3) is 0 Å². The number of hydrogen-bond donors (Lipinski definition) is 3. The Morgan fingerprint density at radius 2 is 1.51 bits per heavy atom. The van der Waals surface area contributed by atoms with Crippen LogP contribution >= 0.6 is 0 Å². The van der Waals surface area contributed by atoms with E-state index in [0.29, 0.717) is 44.4 Å². The van der Waals surface area contributed by atoms with Crippen LogP contribution in [0.15, 0.2) is 48.5 Å². The van der Waals surface area contributed by atoms with E-state index < -0.39 is 12.1 Å². The second-order valence-electron chi connectivity index (χ2n) is 10.2. The van der Waals surface area contributed by atoms with Gasteiger partial charge in [-0.2, -0.15) is 0 Å². The molecule has 0 aliphatic heterocycles. The van der Waals surface area contributed by atoms with E-state index in [1.165, 1.54) is 22.3 Å². The summed E-state index contributed by atoms with van der Waals surface area (Å²) in [5, 5.41) is 14.8. The average molecular weight is 477 g/mol. The number of carbonyl (C=O) groups is 3. The van der Waals surface area contributed by atoms with Crippen molar-refractivity contribution in [1.29, 1.82) is 0 Å². The van der Waals surface area contributed by atoms with Gasteiger partial charge < -0.3 is 20.5 Å². The molecule has 3 aliphatic carbocycles. The van der Waals surface area contributed by atoms with E-state index >= 15 is 0 Å². The minimum absolute atomic E-state index is 0.00353. The Bertz CT molecular complexity index is 1070. The summed E-state index contributed by atoms with van der Waals surface area (Å²) in [6.45, 7) is 1.31. The predicted molar refractivity (Wildman–Crippen MR) is 131 cm³/mol. The van der Waals surface area contributed by atoms with Gasteiger partial charge in [-0.05, 0) is 65.7 Å². The summed E-state index contributed by atoms with van der Waals surface area (Å²) < 4.78 is 5.62. The molecule has 0 saturated heterocycles. The van der Waals surface area contributed by atoms with Crippen molar-refractivity contribution in [3.63, 3.8) is 0 Å². The number of carboxylic acids is 1. The van der Waals surface area contributed by atoms with Crippen LogP contribution in [-0.4, -0.2) is 42.8 Å². The normalized spacial score (nSPS) is 24.3. The van der Waals surface area contributed by atoms with Gasteiger partial charge >= 0.3 is 12.1 Å². The third-order valence-corrected chi connectivity index (χ3v) is 7.80. The molecule has 3 N–H and O–H groups in total. The maximum atomic E-state index is 12.4. The van der Waals surface area contributed by atoms with E-state index in [4.69, 9.17) is 9.84 Å². The monoisotopic (exact) mass is 476 g/mol. The Labute approximate surface area is 205 Å². The number of rotatable bonds is 9. The summed E-state index contributed by atoms with van der Waals surface area (Å²) >= 11 is 0. The number of carbonyl (C=O) groups excluding carboxylic acids is 2. The Balaban J connectivity index is 1.02. The lowest BCUT2D eigenvalue weighted by molar-refractivity contribution is -0.139. The maximum absolute atomic E-state index is 12.4. The SMILES string of the molecule is O=C(CC1CCC(CNC(=O)OCC2c3ccccc3-c3ccccc32)C1)NC[C@H]1C[C@H]1C(=O)O. The standard InChI is InChI=1S/C28H32N2O5/c31-26(29-15-19-13-24(19)27(32)33)12-17-9-10-18(11-17)14-30-28(34)35-16-25-22-7-3-1-5-20(22)21-6-2-4-8-23(21)25/h1-8,17-19,24-25H,9-16H2,(H,29,31)(H,30,34)(H,32,33)/t17?,18?,19-,24-/m1/s1. The van der Waals surface area contributed by atoms with Crippen molar-refractivity contribution >= 4 is 18.0 Å². The molecule has 4 atom stereocenters. The zero-order chi connectivity index (χ0) is 24.4. The van der Waals surface area contributed by atoms with Crippen LogP contribution in [-0.2, 0) is 14.3 Å². The predicted octanol–water partition coefficient (Wildman–Crippen LogP) is 4.17. The fraction of sp³-hybridized carbons (Fsp3) is 0.464. The number of amides is 2. The van der Waals surface area contributed by atoms with Gasteiger partial charge in [0.15, 0.2) is 0 Å². The first-order valence-electron chi connectivity index (χ1n) is 12.6. The molecule has 0 bridgehead atoms. The van der Waals surface area contributed by atoms with Gasteiger partial charge in [0, 0.05) is 25.4 Å². The maximum Gasteiger partial charge on any atom is 0.407 e. The lowest BCUT2D eigenvalue weighted by atomic mass is 9.98. The van der Waals surface area contributed by atoms with Gasteiger partial charge in [-0.25, -0.2) is 4.79 Å². The largest absolute Gasteiger partial charge is 0.481 e. The Hall–Kier alpha value is -3.35. The fourth-order valence-corrected chi connectivity index (χ4v) is 5.78. The number of hydrogen-bond acceptors (Lipinski definition) is 4. The molecule has 3 aliphatic rings. The van der Waals surface area contributed by atoms with Crippen molar-refractivity contribution in [2.24, 2.45) is 23.7 Å². The highest BCUT2D eigenvalue weighted by molar-refractivity contribution is 5.79. The lowest BCUT2D eigenvalue weighted by Gasteiger charge is -2.16. The molecular formula is C28H32N2O5. The van der Waals surface area contributed by atoms with Crippen molar-refractivity contribution in [2.45, 2.75) is 38.0 Å². The van der Waals surface area contributed by atoms with Crippen LogP contribution in [0.2, 0.25) is 0 Å². The molecular weight excluding hydrogens is 444 g/mol. The van der Waals surface area contributed by atoms with E-state index in [-0.39, 0.29) is 23.7 Å². The number of ether oxygens (including phenoxy) is 1. The molecule has 0 spiro atoms. The Morgan fingerprint density at radius 3 is 2.17 bits per heavy atom. The smallest absolute Gasteiger partial charge is 0.407 e. The Morgan fingerprint density at radius 1 is 0.857 bits per heavy atom. The molecule has 0 radical (unpaired) electrons. The van der Waals surface area contributed by atoms with E-state index in [1.807, 2.05) is 24.3 Å². The van der Waals surface area contributed by atoms with Crippen LogP contribution in [0.25, 0.3) is 11.1 Å². The summed E-state index contributed by atoms with van der Waals surface area (Å²) in [4.78, 5) is 35.5. The summed E-state index contributed by atoms with van der Waals surface area (Å²) in [6.07, 6.45) is 3.56. The molecule has 7 heteroatoms. The molecule has 2 amide bonds. The van der Waals surface area contributed by atoms with Crippen LogP contribution in [0.1, 0.15) is 49.1 Å². The van der Waals surface area contributed by atoms with Gasteiger partial charge in [0.05, 0.1) is 5.92 Å². The third kappa shape index (κ3) is 5.34. The first-order chi connectivity index (χ1) is 17.0. The number of carboxylic acid groups (broad SMARTS) is 1. The number of nitrogens with one attached hydrogen (secondary N) is 2.